The molecule has 0 aliphatic rings. The van der Waals surface area contributed by atoms with Crippen LogP contribution in [0.4, 0.5) is 16.2 Å². The third kappa shape index (κ3) is 5.72. The number of ether oxygens (including phenoxy) is 1. The second-order valence-corrected chi connectivity index (χ2v) is 6.98. The smallest absolute Gasteiger partial charge is 0.326 e. The van der Waals surface area contributed by atoms with Crippen LogP contribution >= 0.6 is 0 Å². The quantitative estimate of drug-likeness (QED) is 0.552. The van der Waals surface area contributed by atoms with Crippen LogP contribution in [0.15, 0.2) is 84.4 Å². The lowest BCUT2D eigenvalue weighted by molar-refractivity contribution is 0.257. The molecule has 0 atom stereocenters. The molecule has 2 amide bonds. The summed E-state index contributed by atoms with van der Waals surface area (Å²) >= 11 is 0. The third-order valence-corrected chi connectivity index (χ3v) is 4.55. The van der Waals surface area contributed by atoms with E-state index in [0.717, 1.165) is 33.8 Å². The number of carbonyl (C=O) groups excluding carboxylic acids is 1. The zero-order chi connectivity index (χ0) is 20.6. The molecule has 0 saturated carbocycles. The molecule has 0 aliphatic heterocycles. The van der Waals surface area contributed by atoms with Crippen LogP contribution in [-0.4, -0.2) is 19.7 Å². The topological polar surface area (TPSA) is 41.6 Å². The molecule has 0 aromatic heterocycles. The molecule has 1 N–H and O–H groups in total. The van der Waals surface area contributed by atoms with Crippen LogP contribution in [0.3, 0.4) is 0 Å². The molecule has 0 fully saturated rings. The number of nitrogens with one attached hydrogen (secondary N) is 1. The zero-order valence-corrected chi connectivity index (χ0v) is 17.1. The van der Waals surface area contributed by atoms with E-state index in [1.54, 1.807) is 12.0 Å². The molecule has 3 aromatic carbocycles. The average Bonchev–Trinajstić information content (AvgIpc) is 2.74. The van der Waals surface area contributed by atoms with Gasteiger partial charge in [-0.05, 0) is 55.8 Å². The lowest BCUT2D eigenvalue weighted by Crippen LogP contribution is -2.36. The molecule has 0 unspecified atom stereocenters. The summed E-state index contributed by atoms with van der Waals surface area (Å²) in [5.74, 6) is 0.754. The second-order valence-electron chi connectivity index (χ2n) is 6.98. The zero-order valence-electron chi connectivity index (χ0n) is 17.1. The highest BCUT2D eigenvalue weighted by atomic mass is 16.5. The first-order chi connectivity index (χ1) is 14.0. The van der Waals surface area contributed by atoms with Crippen molar-refractivity contribution in [3.8, 4) is 5.75 Å². The van der Waals surface area contributed by atoms with Crippen LogP contribution in [0.2, 0.25) is 0 Å². The molecule has 29 heavy (non-hydrogen) atoms. The monoisotopic (exact) mass is 386 g/mol. The number of benzene rings is 3. The van der Waals surface area contributed by atoms with E-state index in [9.17, 15) is 4.79 Å². The summed E-state index contributed by atoms with van der Waals surface area (Å²) in [6.07, 6.45) is 2.09. The van der Waals surface area contributed by atoms with Crippen molar-refractivity contribution in [2.75, 3.05) is 23.9 Å². The standard InChI is InChI=1S/C25H26N2O2/c1-19-9-11-22(12-10-19)26-25(28)27(23-13-15-24(29-3)16-14-23)18-20(2)17-21-7-5-4-6-8-21/h4-17H,18H2,1-3H3,(H,26,28)/b20-17+. The van der Waals surface area contributed by atoms with Crippen LogP contribution in [0.5, 0.6) is 5.75 Å². The van der Waals surface area contributed by atoms with Gasteiger partial charge in [0.15, 0.2) is 0 Å². The van der Waals surface area contributed by atoms with Gasteiger partial charge in [0.1, 0.15) is 5.75 Å². The number of hydrogen-bond donors (Lipinski definition) is 1. The van der Waals surface area contributed by atoms with Crippen molar-refractivity contribution in [1.82, 2.24) is 0 Å². The van der Waals surface area contributed by atoms with Crippen molar-refractivity contribution in [3.05, 3.63) is 95.6 Å². The average molecular weight is 386 g/mol. The minimum Gasteiger partial charge on any atom is -0.497 e. The highest BCUT2D eigenvalue weighted by Gasteiger charge is 2.17. The maximum absolute atomic E-state index is 13.1. The number of amides is 2. The van der Waals surface area contributed by atoms with Crippen molar-refractivity contribution in [2.45, 2.75) is 13.8 Å². The van der Waals surface area contributed by atoms with E-state index in [4.69, 9.17) is 4.74 Å². The maximum Gasteiger partial charge on any atom is 0.326 e. The van der Waals surface area contributed by atoms with Gasteiger partial charge in [0.05, 0.1) is 7.11 Å². The van der Waals surface area contributed by atoms with E-state index in [2.05, 4.69) is 11.4 Å². The molecule has 148 valence electrons. The highest BCUT2D eigenvalue weighted by molar-refractivity contribution is 6.02. The molecule has 0 heterocycles. The number of methoxy groups -OCH3 is 1. The Kier molecular flexibility index (Phi) is 6.69. The van der Waals surface area contributed by atoms with E-state index in [1.165, 1.54) is 0 Å². The molecule has 3 aromatic rings. The Morgan fingerprint density at radius 2 is 1.62 bits per heavy atom. The van der Waals surface area contributed by atoms with Crippen LogP contribution in [0, 0.1) is 6.92 Å². The summed E-state index contributed by atoms with van der Waals surface area (Å²) < 4.78 is 5.25. The lowest BCUT2D eigenvalue weighted by atomic mass is 10.1. The molecule has 0 aliphatic carbocycles. The molecule has 4 heteroatoms. The molecular formula is C25H26N2O2. The minimum atomic E-state index is -0.181. The molecule has 0 bridgehead atoms. The van der Waals surface area contributed by atoms with Crippen LogP contribution in [0.25, 0.3) is 6.08 Å². The largest absolute Gasteiger partial charge is 0.497 e. The number of hydrogen-bond acceptors (Lipinski definition) is 2. The fourth-order valence-electron chi connectivity index (χ4n) is 3.00. The number of anilines is 2. The summed E-state index contributed by atoms with van der Waals surface area (Å²) in [4.78, 5) is 14.8. The first-order valence-corrected chi connectivity index (χ1v) is 9.56. The van der Waals surface area contributed by atoms with Crippen molar-refractivity contribution >= 4 is 23.5 Å². The van der Waals surface area contributed by atoms with Crippen LogP contribution < -0.4 is 15.0 Å². The lowest BCUT2D eigenvalue weighted by Gasteiger charge is -2.24. The van der Waals surface area contributed by atoms with Gasteiger partial charge in [-0.2, -0.15) is 0 Å². The number of aryl methyl sites for hydroxylation is 1. The van der Waals surface area contributed by atoms with E-state index in [1.807, 2.05) is 92.7 Å². The van der Waals surface area contributed by atoms with E-state index in [0.29, 0.717) is 6.54 Å². The Morgan fingerprint density at radius 3 is 2.24 bits per heavy atom. The van der Waals surface area contributed by atoms with Crippen LogP contribution in [-0.2, 0) is 0 Å². The van der Waals surface area contributed by atoms with Crippen molar-refractivity contribution in [1.29, 1.82) is 0 Å². The second kappa shape index (κ2) is 9.60. The minimum absolute atomic E-state index is 0.181. The highest BCUT2D eigenvalue weighted by Crippen LogP contribution is 2.22. The summed E-state index contributed by atoms with van der Waals surface area (Å²) in [7, 11) is 1.63. The van der Waals surface area contributed by atoms with E-state index < -0.39 is 0 Å². The van der Waals surface area contributed by atoms with E-state index in [-0.39, 0.29) is 6.03 Å². The van der Waals surface area contributed by atoms with Gasteiger partial charge in [0.25, 0.3) is 0 Å². The molecule has 0 saturated heterocycles. The first kappa shape index (κ1) is 20.2. The van der Waals surface area contributed by atoms with Gasteiger partial charge in [0, 0.05) is 17.9 Å². The Balaban J connectivity index is 1.84. The summed E-state index contributed by atoms with van der Waals surface area (Å²) in [5.41, 5.74) is 4.90. The van der Waals surface area contributed by atoms with Gasteiger partial charge in [-0.15, -0.1) is 0 Å². The normalized spacial score (nSPS) is 11.1. The number of rotatable bonds is 6. The predicted molar refractivity (Wildman–Crippen MR) is 121 cm³/mol. The summed E-state index contributed by atoms with van der Waals surface area (Å²) in [6, 6.07) is 25.2. The molecular weight excluding hydrogens is 360 g/mol. The third-order valence-electron chi connectivity index (χ3n) is 4.55. The molecule has 0 spiro atoms. The van der Waals surface area contributed by atoms with Gasteiger partial charge >= 0.3 is 6.03 Å². The van der Waals surface area contributed by atoms with E-state index >= 15 is 0 Å². The van der Waals surface area contributed by atoms with Gasteiger partial charge in [0.2, 0.25) is 0 Å². The maximum atomic E-state index is 13.1. The molecule has 4 nitrogen and oxygen atoms in total. The Labute approximate surface area is 172 Å². The van der Waals surface area contributed by atoms with Gasteiger partial charge in [-0.25, -0.2) is 4.79 Å². The number of urea groups is 1. The number of nitrogens with zero attached hydrogens (tertiary/aromatic N) is 1. The van der Waals surface area contributed by atoms with Crippen molar-refractivity contribution < 1.29 is 9.53 Å². The Bertz CT molecular complexity index is 962. The fourth-order valence-corrected chi connectivity index (χ4v) is 3.00. The van der Waals surface area contributed by atoms with Crippen molar-refractivity contribution in [2.24, 2.45) is 0 Å². The van der Waals surface area contributed by atoms with Gasteiger partial charge < -0.3 is 10.1 Å². The fraction of sp³-hybridized carbons (Fsp3) is 0.160. The van der Waals surface area contributed by atoms with Crippen molar-refractivity contribution in [3.63, 3.8) is 0 Å². The summed E-state index contributed by atoms with van der Waals surface area (Å²) in [5, 5.41) is 2.99. The first-order valence-electron chi connectivity index (χ1n) is 9.56. The summed E-state index contributed by atoms with van der Waals surface area (Å²) in [6.45, 7) is 4.52. The van der Waals surface area contributed by atoms with Gasteiger partial charge in [-0.1, -0.05) is 59.7 Å². The Hall–Kier alpha value is -3.53. The predicted octanol–water partition coefficient (Wildman–Crippen LogP) is 6.15. The SMILES string of the molecule is COc1ccc(N(C/C(C)=C/c2ccccc2)C(=O)Nc2ccc(C)cc2)cc1. The molecule has 3 rings (SSSR count). The molecule has 0 radical (unpaired) electrons. The van der Waals surface area contributed by atoms with Crippen LogP contribution in [0.1, 0.15) is 18.1 Å². The van der Waals surface area contributed by atoms with Gasteiger partial charge in [-0.3, -0.25) is 4.90 Å². The number of carbonyl (C=O) groups is 1. The Morgan fingerprint density at radius 1 is 0.966 bits per heavy atom.